The second kappa shape index (κ2) is 11.0. The van der Waals surface area contributed by atoms with Crippen molar-refractivity contribution in [2.45, 2.75) is 25.3 Å². The average molecular weight is 729 g/mol. The first-order valence-electron chi connectivity index (χ1n) is 19.9. The van der Waals surface area contributed by atoms with Crippen LogP contribution in [0.4, 0.5) is 11.4 Å². The fraction of sp³-hybridized carbons (Fsp3) is 0.0755. The maximum atomic E-state index is 5.32. The summed E-state index contributed by atoms with van der Waals surface area (Å²) >= 11 is 0. The molecule has 268 valence electrons. The van der Waals surface area contributed by atoms with Gasteiger partial charge in [-0.05, 0) is 93.4 Å². The molecule has 11 aromatic rings. The fourth-order valence-electron chi connectivity index (χ4n) is 10.5. The van der Waals surface area contributed by atoms with Crippen molar-refractivity contribution in [1.82, 2.24) is 8.97 Å². The molecule has 1 aliphatic carbocycles. The number of aromatic nitrogens is 2. The molecule has 4 nitrogen and oxygen atoms in total. The summed E-state index contributed by atoms with van der Waals surface area (Å²) in [5.41, 5.74) is 17.9. The normalized spacial score (nSPS) is 15.8. The van der Waals surface area contributed by atoms with Gasteiger partial charge in [0.2, 0.25) is 0 Å². The number of anilines is 1. The molecule has 0 spiro atoms. The number of aliphatic imine (C=N–C) groups is 1. The Morgan fingerprint density at radius 3 is 2.04 bits per heavy atom. The van der Waals surface area contributed by atoms with E-state index in [1.54, 1.807) is 0 Å². The lowest BCUT2D eigenvalue weighted by atomic mass is 9.81. The third-order valence-electron chi connectivity index (χ3n) is 13.1. The third kappa shape index (κ3) is 4.04. The van der Waals surface area contributed by atoms with E-state index in [4.69, 9.17) is 4.99 Å². The van der Waals surface area contributed by atoms with Gasteiger partial charge in [-0.3, -0.25) is 0 Å². The molecule has 4 heteroatoms. The lowest BCUT2D eigenvalue weighted by molar-refractivity contribution is 0.659. The molecule has 2 aliphatic rings. The van der Waals surface area contributed by atoms with E-state index in [-0.39, 0.29) is 11.5 Å². The Balaban J connectivity index is 1.01. The minimum absolute atomic E-state index is 0.0536. The van der Waals surface area contributed by atoms with Gasteiger partial charge in [-0.25, -0.2) is 4.99 Å². The van der Waals surface area contributed by atoms with E-state index in [9.17, 15) is 0 Å². The Bertz CT molecular complexity index is 3530. The largest absolute Gasteiger partial charge is 0.371 e. The summed E-state index contributed by atoms with van der Waals surface area (Å²) in [6.07, 6.45) is 0. The van der Waals surface area contributed by atoms with Crippen molar-refractivity contribution in [2.75, 3.05) is 5.32 Å². The minimum Gasteiger partial charge on any atom is -0.371 e. The second-order valence-electron chi connectivity index (χ2n) is 16.4. The SMILES string of the molecule is CC1(C)c2cc(C3=Nc4ccccc4NC3c3ccccc3)ccc2-c2ccc(-n3c4cccc5c6cccc7c8ccccc8n(c8cccc3c8c54)c67)cc21. The van der Waals surface area contributed by atoms with Gasteiger partial charge in [0.1, 0.15) is 0 Å². The molecule has 4 heterocycles. The zero-order valence-electron chi connectivity index (χ0n) is 31.6. The summed E-state index contributed by atoms with van der Waals surface area (Å²) in [5.74, 6) is 0. The minimum atomic E-state index is -0.228. The lowest BCUT2D eigenvalue weighted by Gasteiger charge is -2.29. The van der Waals surface area contributed by atoms with Crippen LogP contribution in [0, 0.1) is 0 Å². The summed E-state index contributed by atoms with van der Waals surface area (Å²) < 4.78 is 5.02. The molecule has 0 saturated heterocycles. The number of benzene rings is 8. The van der Waals surface area contributed by atoms with E-state index in [0.29, 0.717) is 0 Å². The van der Waals surface area contributed by atoms with Crippen molar-refractivity contribution in [3.63, 3.8) is 0 Å². The van der Waals surface area contributed by atoms with Crippen molar-refractivity contribution in [3.8, 4) is 16.8 Å². The van der Waals surface area contributed by atoms with Gasteiger partial charge in [-0.15, -0.1) is 0 Å². The Kier molecular flexibility index (Phi) is 5.99. The van der Waals surface area contributed by atoms with Gasteiger partial charge in [0.05, 0.1) is 50.7 Å². The Morgan fingerprint density at radius 2 is 1.16 bits per heavy atom. The number of hydrogen-bond donors (Lipinski definition) is 1. The van der Waals surface area contributed by atoms with Crippen LogP contribution in [0.3, 0.4) is 0 Å². The van der Waals surface area contributed by atoms with Crippen molar-refractivity contribution in [3.05, 3.63) is 192 Å². The molecular formula is C53H36N4. The van der Waals surface area contributed by atoms with E-state index in [1.807, 2.05) is 0 Å². The predicted octanol–water partition coefficient (Wildman–Crippen LogP) is 13.5. The van der Waals surface area contributed by atoms with E-state index < -0.39 is 0 Å². The van der Waals surface area contributed by atoms with Crippen LogP contribution in [0.25, 0.3) is 76.7 Å². The molecule has 3 aromatic heterocycles. The molecule has 0 bridgehead atoms. The zero-order chi connectivity index (χ0) is 37.6. The zero-order valence-corrected chi connectivity index (χ0v) is 31.6. The van der Waals surface area contributed by atoms with E-state index >= 15 is 0 Å². The Morgan fingerprint density at radius 1 is 0.526 bits per heavy atom. The number of fused-ring (bicyclic) bond motifs is 9. The molecule has 1 N–H and O–H groups in total. The molecule has 1 atom stereocenters. The maximum Gasteiger partial charge on any atom is 0.0947 e. The maximum absolute atomic E-state index is 5.32. The van der Waals surface area contributed by atoms with Crippen LogP contribution in [0.15, 0.2) is 175 Å². The number of para-hydroxylation sites is 4. The van der Waals surface area contributed by atoms with Gasteiger partial charge >= 0.3 is 0 Å². The monoisotopic (exact) mass is 728 g/mol. The predicted molar refractivity (Wildman–Crippen MR) is 238 cm³/mol. The molecule has 0 fully saturated rings. The van der Waals surface area contributed by atoms with Crippen LogP contribution in [0.1, 0.15) is 42.1 Å². The Labute approximate surface area is 329 Å². The summed E-state index contributed by atoms with van der Waals surface area (Å²) in [4.78, 5) is 5.32. The van der Waals surface area contributed by atoms with Gasteiger partial charge in [0.25, 0.3) is 0 Å². The number of hydrogen-bond acceptors (Lipinski definition) is 2. The van der Waals surface area contributed by atoms with Crippen molar-refractivity contribution in [2.24, 2.45) is 4.99 Å². The van der Waals surface area contributed by atoms with Gasteiger partial charge in [-0.1, -0.05) is 129 Å². The Hall–Kier alpha value is -7.17. The van der Waals surface area contributed by atoms with Gasteiger partial charge < -0.3 is 14.3 Å². The van der Waals surface area contributed by atoms with Crippen molar-refractivity contribution < 1.29 is 0 Å². The highest BCUT2D eigenvalue weighted by molar-refractivity contribution is 6.31. The number of rotatable bonds is 3. The first-order valence-corrected chi connectivity index (χ1v) is 19.9. The summed E-state index contributed by atoms with van der Waals surface area (Å²) in [5, 5.41) is 11.6. The fourth-order valence-corrected chi connectivity index (χ4v) is 10.5. The topological polar surface area (TPSA) is 33.7 Å². The second-order valence-corrected chi connectivity index (χ2v) is 16.4. The highest BCUT2D eigenvalue weighted by Gasteiger charge is 2.37. The van der Waals surface area contributed by atoms with Crippen LogP contribution in [0.2, 0.25) is 0 Å². The molecule has 0 radical (unpaired) electrons. The average Bonchev–Trinajstić information content (AvgIpc) is 3.83. The molecule has 13 rings (SSSR count). The van der Waals surface area contributed by atoms with Gasteiger partial charge in [-0.2, -0.15) is 0 Å². The standard InChI is InChI=1S/C53H36N4/c1-53(2)40-29-32(51-50(31-13-4-3-5-14-31)54-42-19-7-8-20-43(42)55-51)25-27-34(40)35-28-26-33(30-41(35)53)56-45-22-11-16-37-39-18-10-17-38-36-15-6-9-21-44(36)57(52(38)39)47-24-12-23-46(56)49(47)48(37)45/h3-30,50,54H,1-2H3. The van der Waals surface area contributed by atoms with E-state index in [0.717, 1.165) is 22.6 Å². The van der Waals surface area contributed by atoms with E-state index in [1.165, 1.54) is 93.4 Å². The number of nitrogens with one attached hydrogen (secondary N) is 1. The molecule has 0 saturated carbocycles. The highest BCUT2D eigenvalue weighted by Crippen LogP contribution is 2.51. The van der Waals surface area contributed by atoms with Gasteiger partial charge in [0.15, 0.2) is 0 Å². The van der Waals surface area contributed by atoms with Crippen LogP contribution < -0.4 is 5.32 Å². The van der Waals surface area contributed by atoms with Crippen LogP contribution >= 0.6 is 0 Å². The summed E-state index contributed by atoms with van der Waals surface area (Å²) in [7, 11) is 0. The quantitative estimate of drug-likeness (QED) is 0.193. The molecule has 0 amide bonds. The first-order chi connectivity index (χ1) is 28.0. The molecule has 1 aliphatic heterocycles. The van der Waals surface area contributed by atoms with Crippen LogP contribution in [0.5, 0.6) is 0 Å². The van der Waals surface area contributed by atoms with E-state index in [2.05, 4.69) is 198 Å². The molecule has 57 heavy (non-hydrogen) atoms. The van der Waals surface area contributed by atoms with Crippen molar-refractivity contribution in [1.29, 1.82) is 0 Å². The molecule has 1 unspecified atom stereocenters. The number of nitrogens with zero attached hydrogens (tertiary/aromatic N) is 3. The summed E-state index contributed by atoms with van der Waals surface area (Å²) in [6.45, 7) is 4.77. The first kappa shape index (κ1) is 31.1. The molecule has 8 aromatic carbocycles. The van der Waals surface area contributed by atoms with Crippen LogP contribution in [-0.4, -0.2) is 14.7 Å². The van der Waals surface area contributed by atoms with Gasteiger partial charge in [0, 0.05) is 38.0 Å². The highest BCUT2D eigenvalue weighted by atomic mass is 15.0. The lowest BCUT2D eigenvalue weighted by Crippen LogP contribution is -2.25. The van der Waals surface area contributed by atoms with Crippen molar-refractivity contribution >= 4 is 77.0 Å². The summed E-state index contributed by atoms with van der Waals surface area (Å²) in [6, 6.07) is 62.5. The third-order valence-corrected chi connectivity index (χ3v) is 13.1. The molecular weight excluding hydrogens is 693 g/mol. The van der Waals surface area contributed by atoms with Crippen LogP contribution in [-0.2, 0) is 5.41 Å². The smallest absolute Gasteiger partial charge is 0.0947 e.